The Kier molecular flexibility index (Phi) is 7.06. The largest absolute Gasteiger partial charge is 0.490 e. The summed E-state index contributed by atoms with van der Waals surface area (Å²) < 4.78 is 17.3. The molecule has 0 atom stereocenters. The average Bonchev–Trinajstić information content (AvgIpc) is 3.20. The minimum Gasteiger partial charge on any atom is -0.490 e. The first kappa shape index (κ1) is 24.5. The van der Waals surface area contributed by atoms with Gasteiger partial charge in [0.05, 0.1) is 28.1 Å². The fraction of sp³-hybridized carbons (Fsp3) is 0.0833. The molecule has 0 N–H and O–H groups in total. The monoisotopic (exact) mass is 553 g/mol. The first-order chi connectivity index (χ1) is 17.3. The third kappa shape index (κ3) is 5.23. The van der Waals surface area contributed by atoms with E-state index in [2.05, 4.69) is 20.9 Å². The van der Waals surface area contributed by atoms with Crippen molar-refractivity contribution in [3.8, 4) is 17.2 Å². The van der Waals surface area contributed by atoms with Crippen molar-refractivity contribution < 1.29 is 28.9 Å². The van der Waals surface area contributed by atoms with Crippen LogP contribution in [0.15, 0.2) is 75.8 Å². The molecule has 4 rings (SSSR count). The quantitative estimate of drug-likeness (QED) is 0.147. The summed E-state index contributed by atoms with van der Waals surface area (Å²) in [5.74, 6) is -0.280. The van der Waals surface area contributed by atoms with Crippen molar-refractivity contribution in [3.05, 3.63) is 102 Å². The molecule has 0 radical (unpaired) electrons. The summed E-state index contributed by atoms with van der Waals surface area (Å²) >= 11 is 3.40. The number of carbonyl (C=O) groups is 1. The van der Waals surface area contributed by atoms with Gasteiger partial charge in [0.25, 0.3) is 5.69 Å². The predicted molar refractivity (Wildman–Crippen MR) is 132 cm³/mol. The van der Waals surface area contributed by atoms with Gasteiger partial charge in [-0.15, -0.1) is 0 Å². The Balaban J connectivity index is 1.66. The lowest BCUT2D eigenvalue weighted by atomic mass is 10.1. The SMILES string of the molecule is CCOc1cc(/C=C2\N=C(c3ccccc3Br)OC2=O)ccc1Oc1ccc([N+](=O)[O-])cc1[N+](=O)[O-]. The van der Waals surface area contributed by atoms with Crippen molar-refractivity contribution in [2.45, 2.75) is 6.92 Å². The van der Waals surface area contributed by atoms with Crippen LogP contribution in [-0.4, -0.2) is 28.3 Å². The Morgan fingerprint density at radius 2 is 1.75 bits per heavy atom. The number of nitro benzene ring substituents is 2. The number of aliphatic imine (C=N–C) groups is 1. The Labute approximate surface area is 212 Å². The van der Waals surface area contributed by atoms with Crippen molar-refractivity contribution in [1.82, 2.24) is 0 Å². The smallest absolute Gasteiger partial charge is 0.363 e. The molecule has 0 spiro atoms. The minimum absolute atomic E-state index is 0.0721. The summed E-state index contributed by atoms with van der Waals surface area (Å²) in [4.78, 5) is 37.6. The zero-order valence-electron chi connectivity index (χ0n) is 18.5. The number of cyclic esters (lactones) is 1. The van der Waals surface area contributed by atoms with Gasteiger partial charge in [-0.05, 0) is 64.8 Å². The van der Waals surface area contributed by atoms with Gasteiger partial charge in [-0.1, -0.05) is 18.2 Å². The number of benzene rings is 3. The van der Waals surface area contributed by atoms with E-state index < -0.39 is 27.2 Å². The number of halogens is 1. The zero-order chi connectivity index (χ0) is 25.8. The van der Waals surface area contributed by atoms with Gasteiger partial charge in [0.2, 0.25) is 11.6 Å². The van der Waals surface area contributed by atoms with Crippen LogP contribution in [0, 0.1) is 20.2 Å². The lowest BCUT2D eigenvalue weighted by molar-refractivity contribution is -0.394. The number of hydrogen-bond donors (Lipinski definition) is 0. The normalized spacial score (nSPS) is 13.8. The van der Waals surface area contributed by atoms with Crippen LogP contribution < -0.4 is 9.47 Å². The number of rotatable bonds is 8. The number of carbonyl (C=O) groups excluding carboxylic acids is 1. The third-order valence-electron chi connectivity index (χ3n) is 4.87. The predicted octanol–water partition coefficient (Wildman–Crippen LogP) is 5.80. The van der Waals surface area contributed by atoms with Gasteiger partial charge in [0.1, 0.15) is 0 Å². The van der Waals surface area contributed by atoms with Gasteiger partial charge in [0.15, 0.2) is 17.2 Å². The van der Waals surface area contributed by atoms with E-state index >= 15 is 0 Å². The molecular formula is C24H16BrN3O8. The van der Waals surface area contributed by atoms with Crippen LogP contribution in [0.1, 0.15) is 18.1 Å². The third-order valence-corrected chi connectivity index (χ3v) is 5.56. The Hall–Kier alpha value is -4.58. The second kappa shape index (κ2) is 10.4. The molecule has 0 saturated heterocycles. The molecule has 3 aromatic carbocycles. The number of nitrogens with zero attached hydrogens (tertiary/aromatic N) is 3. The fourth-order valence-corrected chi connectivity index (χ4v) is 3.71. The van der Waals surface area contributed by atoms with Crippen LogP contribution in [0.2, 0.25) is 0 Å². The number of non-ortho nitro benzene ring substituents is 1. The van der Waals surface area contributed by atoms with E-state index in [1.54, 1.807) is 37.3 Å². The molecule has 0 bridgehead atoms. The summed E-state index contributed by atoms with van der Waals surface area (Å²) in [5, 5.41) is 22.4. The molecule has 1 aliphatic rings. The minimum atomic E-state index is -0.770. The van der Waals surface area contributed by atoms with Crippen LogP contribution >= 0.6 is 15.9 Å². The number of ether oxygens (including phenoxy) is 3. The number of esters is 1. The molecule has 0 amide bonds. The van der Waals surface area contributed by atoms with Crippen LogP contribution in [0.4, 0.5) is 11.4 Å². The van der Waals surface area contributed by atoms with Gasteiger partial charge in [-0.25, -0.2) is 9.79 Å². The van der Waals surface area contributed by atoms with E-state index in [9.17, 15) is 25.0 Å². The van der Waals surface area contributed by atoms with E-state index in [0.717, 1.165) is 22.7 Å². The Morgan fingerprint density at radius 1 is 1.00 bits per heavy atom. The maximum Gasteiger partial charge on any atom is 0.363 e. The molecular weight excluding hydrogens is 538 g/mol. The molecule has 0 aromatic heterocycles. The topological polar surface area (TPSA) is 143 Å². The summed E-state index contributed by atoms with van der Waals surface area (Å²) in [6.07, 6.45) is 1.51. The summed E-state index contributed by atoms with van der Waals surface area (Å²) in [6.45, 7) is 2.00. The van der Waals surface area contributed by atoms with Crippen molar-refractivity contribution in [1.29, 1.82) is 0 Å². The highest BCUT2D eigenvalue weighted by Gasteiger charge is 2.26. The van der Waals surface area contributed by atoms with Crippen LogP contribution in [-0.2, 0) is 9.53 Å². The molecule has 0 unspecified atom stereocenters. The van der Waals surface area contributed by atoms with E-state index in [1.807, 2.05) is 6.07 Å². The first-order valence-electron chi connectivity index (χ1n) is 10.4. The van der Waals surface area contributed by atoms with Crippen molar-refractivity contribution >= 4 is 45.2 Å². The summed E-state index contributed by atoms with van der Waals surface area (Å²) in [7, 11) is 0. The molecule has 0 saturated carbocycles. The second-order valence-electron chi connectivity index (χ2n) is 7.22. The van der Waals surface area contributed by atoms with Crippen molar-refractivity contribution in [2.24, 2.45) is 4.99 Å². The molecule has 0 aliphatic carbocycles. The second-order valence-corrected chi connectivity index (χ2v) is 8.08. The maximum atomic E-state index is 12.4. The summed E-state index contributed by atoms with van der Waals surface area (Å²) in [5.41, 5.74) is 0.223. The van der Waals surface area contributed by atoms with Crippen LogP contribution in [0.3, 0.4) is 0 Å². The Bertz CT molecular complexity index is 1450. The first-order valence-corrected chi connectivity index (χ1v) is 11.2. The molecule has 12 heteroatoms. The van der Waals surface area contributed by atoms with E-state index in [1.165, 1.54) is 12.1 Å². The number of nitro groups is 2. The molecule has 3 aromatic rings. The molecule has 11 nitrogen and oxygen atoms in total. The van der Waals surface area contributed by atoms with Gasteiger partial charge < -0.3 is 14.2 Å². The highest BCUT2D eigenvalue weighted by molar-refractivity contribution is 9.10. The highest BCUT2D eigenvalue weighted by atomic mass is 79.9. The standard InChI is InChI=1S/C24H16BrN3O8/c1-2-34-22-12-14(11-18-24(29)36-23(26-18)16-5-3-4-6-17(16)25)7-9-21(22)35-20-10-8-15(27(30)31)13-19(20)28(32)33/h3-13H,2H2,1H3/b18-11-. The number of hydrogen-bond acceptors (Lipinski definition) is 9. The molecule has 1 aliphatic heterocycles. The lowest BCUT2D eigenvalue weighted by Crippen LogP contribution is -2.05. The highest BCUT2D eigenvalue weighted by Crippen LogP contribution is 2.39. The fourth-order valence-electron chi connectivity index (χ4n) is 3.25. The zero-order valence-corrected chi connectivity index (χ0v) is 20.1. The van der Waals surface area contributed by atoms with Gasteiger partial charge >= 0.3 is 11.7 Å². The Morgan fingerprint density at radius 3 is 2.44 bits per heavy atom. The molecule has 0 fully saturated rings. The molecule has 182 valence electrons. The van der Waals surface area contributed by atoms with Crippen LogP contribution in [0.25, 0.3) is 6.08 Å². The molecule has 1 heterocycles. The van der Waals surface area contributed by atoms with Crippen molar-refractivity contribution in [3.63, 3.8) is 0 Å². The van der Waals surface area contributed by atoms with Crippen LogP contribution in [0.5, 0.6) is 17.2 Å². The molecule has 36 heavy (non-hydrogen) atoms. The summed E-state index contributed by atoms with van der Waals surface area (Å²) in [6, 6.07) is 14.9. The van der Waals surface area contributed by atoms with E-state index in [4.69, 9.17) is 14.2 Å². The van der Waals surface area contributed by atoms with E-state index in [-0.39, 0.29) is 35.5 Å². The van der Waals surface area contributed by atoms with Gasteiger partial charge in [-0.2, -0.15) is 0 Å². The average molecular weight is 554 g/mol. The van der Waals surface area contributed by atoms with Crippen molar-refractivity contribution in [2.75, 3.05) is 6.61 Å². The lowest BCUT2D eigenvalue weighted by Gasteiger charge is -2.12. The van der Waals surface area contributed by atoms with E-state index in [0.29, 0.717) is 11.1 Å². The van der Waals surface area contributed by atoms with Gasteiger partial charge in [-0.3, -0.25) is 20.2 Å². The van der Waals surface area contributed by atoms with Gasteiger partial charge in [0, 0.05) is 10.5 Å². The maximum absolute atomic E-state index is 12.4.